The molecule has 0 aliphatic carbocycles. The second-order valence-corrected chi connectivity index (χ2v) is 7.85. The first-order valence-electron chi connectivity index (χ1n) is 9.97. The van der Waals surface area contributed by atoms with Crippen molar-refractivity contribution in [2.24, 2.45) is 0 Å². The Hall–Kier alpha value is -2.65. The molecule has 0 aromatic heterocycles. The molecule has 1 aliphatic heterocycles. The zero-order valence-electron chi connectivity index (χ0n) is 16.6. The van der Waals surface area contributed by atoms with Crippen LogP contribution >= 0.6 is 11.6 Å². The Morgan fingerprint density at radius 3 is 2.59 bits per heavy atom. The molecule has 0 bridgehead atoms. The Bertz CT molecular complexity index is 899. The molecule has 1 atom stereocenters. The van der Waals surface area contributed by atoms with Crippen molar-refractivity contribution in [1.82, 2.24) is 0 Å². The Balaban J connectivity index is 1.46. The minimum atomic E-state index is -0.133. The second kappa shape index (κ2) is 10.2. The topological polar surface area (TPSA) is 61.8 Å². The van der Waals surface area contributed by atoms with Crippen LogP contribution in [0.1, 0.15) is 18.1 Å². The van der Waals surface area contributed by atoms with Crippen LogP contribution in [0, 0.1) is 11.3 Å². The van der Waals surface area contributed by atoms with E-state index < -0.39 is 0 Å². The number of nitrogens with one attached hydrogen (secondary N) is 3. The molecule has 0 saturated carbocycles. The van der Waals surface area contributed by atoms with Crippen molar-refractivity contribution >= 4 is 29.3 Å². The molecule has 0 radical (unpaired) electrons. The molecule has 1 amide bonds. The van der Waals surface area contributed by atoms with E-state index in [2.05, 4.69) is 29.6 Å². The quantitative estimate of drug-likeness (QED) is 0.666. The van der Waals surface area contributed by atoms with E-state index in [1.807, 2.05) is 31.2 Å². The number of anilines is 1. The van der Waals surface area contributed by atoms with Gasteiger partial charge in [-0.15, -0.1) is 0 Å². The highest BCUT2D eigenvalue weighted by atomic mass is 35.5. The van der Waals surface area contributed by atoms with Crippen LogP contribution in [-0.4, -0.2) is 44.7 Å². The smallest absolute Gasteiger partial charge is 0.282 e. The number of benzene rings is 2. The van der Waals surface area contributed by atoms with Gasteiger partial charge in [0.15, 0.2) is 6.04 Å². The summed E-state index contributed by atoms with van der Waals surface area (Å²) in [5.74, 6) is -0.0202. The Labute approximate surface area is 177 Å². The fourth-order valence-corrected chi connectivity index (χ4v) is 3.83. The molecule has 1 heterocycles. The minimum absolute atomic E-state index is 0.0202. The summed E-state index contributed by atoms with van der Waals surface area (Å²) in [7, 11) is 0. The first kappa shape index (κ1) is 21.1. The van der Waals surface area contributed by atoms with Gasteiger partial charge in [-0.25, -0.2) is 0 Å². The van der Waals surface area contributed by atoms with E-state index in [0.717, 1.165) is 32.7 Å². The number of halogens is 1. The summed E-state index contributed by atoms with van der Waals surface area (Å²) in [6.45, 7) is 7.01. The molecule has 150 valence electrons. The summed E-state index contributed by atoms with van der Waals surface area (Å²) in [4.78, 5) is 15.5. The molecule has 2 aromatic rings. The maximum absolute atomic E-state index is 12.6. The van der Waals surface area contributed by atoms with Gasteiger partial charge in [-0.05, 0) is 36.8 Å². The van der Waals surface area contributed by atoms with Crippen molar-refractivity contribution < 1.29 is 14.6 Å². The standard InChI is InChI=1S/C23H25ClN4O/c1-18(23(29)26-21-10-9-20(17-25)22(24)16-21)28-14-12-27(13-15-28)11-5-8-19-6-3-2-4-7-19/h2-10,16,18H,11-15H2,1H3,(H,26,29)/p+2/b8-5+/t18-/m0/s1. The van der Waals surface area contributed by atoms with Crippen LogP contribution in [0.4, 0.5) is 5.69 Å². The van der Waals surface area contributed by atoms with Gasteiger partial charge < -0.3 is 15.1 Å². The number of carbonyl (C=O) groups excluding carboxylic acids is 1. The minimum Gasteiger partial charge on any atom is -0.322 e. The normalized spacial score (nSPS) is 20.2. The highest BCUT2D eigenvalue weighted by Crippen LogP contribution is 2.20. The number of carbonyl (C=O) groups is 1. The van der Waals surface area contributed by atoms with Gasteiger partial charge in [-0.1, -0.05) is 48.0 Å². The average Bonchev–Trinajstić information content (AvgIpc) is 2.74. The van der Waals surface area contributed by atoms with Crippen LogP contribution in [0.5, 0.6) is 0 Å². The number of rotatable bonds is 6. The second-order valence-electron chi connectivity index (χ2n) is 7.44. The van der Waals surface area contributed by atoms with Gasteiger partial charge in [0, 0.05) is 5.69 Å². The molecule has 1 fully saturated rings. The largest absolute Gasteiger partial charge is 0.322 e. The van der Waals surface area contributed by atoms with Gasteiger partial charge in [0.1, 0.15) is 32.2 Å². The van der Waals surface area contributed by atoms with Gasteiger partial charge in [0.25, 0.3) is 5.91 Å². The van der Waals surface area contributed by atoms with Crippen LogP contribution in [0.15, 0.2) is 54.6 Å². The van der Waals surface area contributed by atoms with E-state index >= 15 is 0 Å². The van der Waals surface area contributed by atoms with E-state index in [9.17, 15) is 4.79 Å². The predicted molar refractivity (Wildman–Crippen MR) is 116 cm³/mol. The van der Waals surface area contributed by atoms with Crippen molar-refractivity contribution in [3.8, 4) is 6.07 Å². The fraction of sp³-hybridized carbons (Fsp3) is 0.304. The summed E-state index contributed by atoms with van der Waals surface area (Å²) >= 11 is 6.05. The van der Waals surface area contributed by atoms with Crippen molar-refractivity contribution in [3.63, 3.8) is 0 Å². The number of nitrogens with zero attached hydrogens (tertiary/aromatic N) is 1. The number of hydrogen-bond acceptors (Lipinski definition) is 2. The number of hydrogen-bond donors (Lipinski definition) is 3. The molecule has 5 nitrogen and oxygen atoms in total. The third kappa shape index (κ3) is 5.91. The lowest BCUT2D eigenvalue weighted by atomic mass is 10.2. The zero-order chi connectivity index (χ0) is 20.6. The summed E-state index contributed by atoms with van der Waals surface area (Å²) in [5, 5.41) is 12.2. The van der Waals surface area contributed by atoms with E-state index in [4.69, 9.17) is 16.9 Å². The molecule has 1 aliphatic rings. The van der Waals surface area contributed by atoms with Gasteiger partial charge in [0.05, 0.1) is 17.1 Å². The zero-order valence-corrected chi connectivity index (χ0v) is 17.4. The molecule has 29 heavy (non-hydrogen) atoms. The van der Waals surface area contributed by atoms with Crippen molar-refractivity contribution in [1.29, 1.82) is 5.26 Å². The Morgan fingerprint density at radius 2 is 1.93 bits per heavy atom. The lowest BCUT2D eigenvalue weighted by molar-refractivity contribution is -1.02. The van der Waals surface area contributed by atoms with E-state index in [1.165, 1.54) is 10.5 Å². The molecular formula is C23H27ClN4O+2. The van der Waals surface area contributed by atoms with Crippen molar-refractivity contribution in [2.75, 3.05) is 38.0 Å². The molecule has 2 aromatic carbocycles. The molecular weight excluding hydrogens is 384 g/mol. The first-order valence-corrected chi connectivity index (χ1v) is 10.3. The average molecular weight is 411 g/mol. The lowest BCUT2D eigenvalue weighted by Crippen LogP contribution is -3.29. The third-order valence-electron chi connectivity index (χ3n) is 5.48. The van der Waals surface area contributed by atoms with E-state index in [-0.39, 0.29) is 11.9 Å². The molecule has 0 spiro atoms. The maximum Gasteiger partial charge on any atom is 0.282 e. The van der Waals surface area contributed by atoms with E-state index in [0.29, 0.717) is 16.3 Å². The molecule has 6 heteroatoms. The third-order valence-corrected chi connectivity index (χ3v) is 5.79. The van der Waals surface area contributed by atoms with E-state index in [1.54, 1.807) is 23.1 Å². The number of amides is 1. The monoisotopic (exact) mass is 410 g/mol. The molecule has 0 unspecified atom stereocenters. The van der Waals surface area contributed by atoms with Crippen molar-refractivity contribution in [3.05, 3.63) is 70.8 Å². The van der Waals surface area contributed by atoms with Crippen LogP contribution < -0.4 is 15.1 Å². The summed E-state index contributed by atoms with van der Waals surface area (Å²) in [6, 6.07) is 17.2. The van der Waals surface area contributed by atoms with Crippen LogP contribution in [0.2, 0.25) is 5.02 Å². The summed E-state index contributed by atoms with van der Waals surface area (Å²) in [5.41, 5.74) is 2.26. The lowest BCUT2D eigenvalue weighted by Gasteiger charge is -2.32. The highest BCUT2D eigenvalue weighted by molar-refractivity contribution is 6.32. The van der Waals surface area contributed by atoms with Gasteiger partial charge >= 0.3 is 0 Å². The van der Waals surface area contributed by atoms with Crippen LogP contribution in [0.25, 0.3) is 6.08 Å². The fourth-order valence-electron chi connectivity index (χ4n) is 3.61. The molecule has 1 saturated heterocycles. The Morgan fingerprint density at radius 1 is 1.21 bits per heavy atom. The van der Waals surface area contributed by atoms with Gasteiger partial charge in [-0.3, -0.25) is 4.79 Å². The van der Waals surface area contributed by atoms with Gasteiger partial charge in [-0.2, -0.15) is 5.26 Å². The van der Waals surface area contributed by atoms with Crippen molar-refractivity contribution in [2.45, 2.75) is 13.0 Å². The number of piperazine rings is 1. The SMILES string of the molecule is C[C@@H](C(=O)Nc1ccc(C#N)c(Cl)c1)[NH+]1CC[NH+](C/C=C/c2ccccc2)CC1. The number of quaternary nitrogens is 2. The summed E-state index contributed by atoms with van der Waals surface area (Å²) in [6.07, 6.45) is 4.41. The maximum atomic E-state index is 12.6. The van der Waals surface area contributed by atoms with Crippen LogP contribution in [-0.2, 0) is 4.79 Å². The first-order chi connectivity index (χ1) is 14.1. The molecule has 3 rings (SSSR count). The highest BCUT2D eigenvalue weighted by Gasteiger charge is 2.30. The Kier molecular flexibility index (Phi) is 7.42. The van der Waals surface area contributed by atoms with Crippen LogP contribution in [0.3, 0.4) is 0 Å². The van der Waals surface area contributed by atoms with Gasteiger partial charge in [0.2, 0.25) is 0 Å². The summed E-state index contributed by atoms with van der Waals surface area (Å²) < 4.78 is 0. The number of nitriles is 1. The molecule has 3 N–H and O–H groups in total. The predicted octanol–water partition coefficient (Wildman–Crippen LogP) is 1.04.